The van der Waals surface area contributed by atoms with Crippen molar-refractivity contribution >= 4 is 28.5 Å². The first-order valence-corrected chi connectivity index (χ1v) is 5.44. The Bertz CT molecular complexity index is 414. The summed E-state index contributed by atoms with van der Waals surface area (Å²) < 4.78 is 0. The van der Waals surface area contributed by atoms with E-state index in [4.69, 9.17) is 5.11 Å². The first-order valence-electron chi connectivity index (χ1n) is 4.56. The van der Waals surface area contributed by atoms with Crippen LogP contribution in [0.15, 0.2) is 5.38 Å². The van der Waals surface area contributed by atoms with Gasteiger partial charge in [-0.1, -0.05) is 0 Å². The molecule has 0 spiro atoms. The molecular formula is C9H13N3O3S. The maximum Gasteiger partial charge on any atom is 0.328 e. The van der Waals surface area contributed by atoms with E-state index in [-0.39, 0.29) is 0 Å². The minimum atomic E-state index is -1.31. The SMILES string of the molecule is Cc1csc(NC(=O)NC(C)(C)C(=O)O)n1. The van der Waals surface area contributed by atoms with Crippen molar-refractivity contribution in [2.75, 3.05) is 5.32 Å². The van der Waals surface area contributed by atoms with Crippen molar-refractivity contribution in [3.8, 4) is 0 Å². The molecule has 6 nitrogen and oxygen atoms in total. The molecule has 0 saturated heterocycles. The summed E-state index contributed by atoms with van der Waals surface area (Å²) >= 11 is 1.28. The van der Waals surface area contributed by atoms with E-state index in [0.717, 1.165) is 5.69 Å². The fourth-order valence-corrected chi connectivity index (χ4v) is 1.56. The lowest BCUT2D eigenvalue weighted by Gasteiger charge is -2.20. The molecule has 0 unspecified atom stereocenters. The number of rotatable bonds is 3. The molecule has 1 rings (SSSR count). The largest absolute Gasteiger partial charge is 0.480 e. The molecule has 0 saturated carbocycles. The number of nitrogens with one attached hydrogen (secondary N) is 2. The van der Waals surface area contributed by atoms with Gasteiger partial charge in [0.15, 0.2) is 5.13 Å². The van der Waals surface area contributed by atoms with Crippen molar-refractivity contribution in [3.05, 3.63) is 11.1 Å². The van der Waals surface area contributed by atoms with Gasteiger partial charge in [-0.2, -0.15) is 0 Å². The number of aliphatic carboxylic acids is 1. The summed E-state index contributed by atoms with van der Waals surface area (Å²) in [6.45, 7) is 4.62. The third-order valence-electron chi connectivity index (χ3n) is 1.80. The summed E-state index contributed by atoms with van der Waals surface area (Å²) in [5.41, 5.74) is -0.506. The summed E-state index contributed by atoms with van der Waals surface area (Å²) in [6, 6.07) is -0.582. The van der Waals surface area contributed by atoms with Crippen LogP contribution in [0, 0.1) is 6.92 Å². The minimum absolute atomic E-state index is 0.441. The Kier molecular flexibility index (Phi) is 3.48. The van der Waals surface area contributed by atoms with Crippen molar-refractivity contribution in [1.29, 1.82) is 0 Å². The van der Waals surface area contributed by atoms with E-state index in [1.54, 1.807) is 12.3 Å². The topological polar surface area (TPSA) is 91.3 Å². The van der Waals surface area contributed by atoms with Crippen LogP contribution in [-0.4, -0.2) is 27.6 Å². The Labute approximate surface area is 96.7 Å². The van der Waals surface area contributed by atoms with Gasteiger partial charge in [0, 0.05) is 5.38 Å². The molecule has 3 N–H and O–H groups in total. The Hall–Kier alpha value is -1.63. The second-order valence-corrected chi connectivity index (χ2v) is 4.66. The number of carbonyl (C=O) groups excluding carboxylic acids is 1. The van der Waals surface area contributed by atoms with Crippen LogP contribution < -0.4 is 10.6 Å². The number of urea groups is 1. The predicted octanol–water partition coefficient (Wildman–Crippen LogP) is 1.44. The van der Waals surface area contributed by atoms with Crippen molar-refractivity contribution < 1.29 is 14.7 Å². The second kappa shape index (κ2) is 4.48. The summed E-state index contributed by atoms with van der Waals surface area (Å²) in [4.78, 5) is 26.2. The van der Waals surface area contributed by atoms with Gasteiger partial charge in [-0.3, -0.25) is 5.32 Å². The van der Waals surface area contributed by atoms with Gasteiger partial charge in [-0.15, -0.1) is 11.3 Å². The number of aromatic nitrogens is 1. The zero-order chi connectivity index (χ0) is 12.3. The standard InChI is InChI=1S/C9H13N3O3S/c1-5-4-16-8(10-5)11-7(15)12-9(2,3)6(13)14/h4H,1-3H3,(H,13,14)(H2,10,11,12,15). The highest BCUT2D eigenvalue weighted by atomic mass is 32.1. The third-order valence-corrected chi connectivity index (χ3v) is 2.68. The highest BCUT2D eigenvalue weighted by molar-refractivity contribution is 7.13. The molecule has 16 heavy (non-hydrogen) atoms. The number of carboxylic acids is 1. The van der Waals surface area contributed by atoms with E-state index in [2.05, 4.69) is 15.6 Å². The number of amides is 2. The van der Waals surface area contributed by atoms with Crippen LogP contribution in [0.25, 0.3) is 0 Å². The van der Waals surface area contributed by atoms with Crippen molar-refractivity contribution in [2.24, 2.45) is 0 Å². The number of aryl methyl sites for hydroxylation is 1. The quantitative estimate of drug-likeness (QED) is 0.749. The van der Waals surface area contributed by atoms with Crippen LogP contribution in [-0.2, 0) is 4.79 Å². The van der Waals surface area contributed by atoms with Gasteiger partial charge in [0.05, 0.1) is 5.69 Å². The van der Waals surface area contributed by atoms with E-state index in [1.807, 2.05) is 0 Å². The maximum absolute atomic E-state index is 11.4. The highest BCUT2D eigenvalue weighted by Crippen LogP contribution is 2.14. The van der Waals surface area contributed by atoms with E-state index in [0.29, 0.717) is 5.13 Å². The molecule has 0 aliphatic heterocycles. The van der Waals surface area contributed by atoms with Crippen molar-refractivity contribution in [1.82, 2.24) is 10.3 Å². The molecule has 0 bridgehead atoms. The van der Waals surface area contributed by atoms with Gasteiger partial charge >= 0.3 is 12.0 Å². The average molecular weight is 243 g/mol. The van der Waals surface area contributed by atoms with Crippen molar-refractivity contribution in [2.45, 2.75) is 26.3 Å². The van der Waals surface area contributed by atoms with Gasteiger partial charge in [-0.05, 0) is 20.8 Å². The molecule has 1 heterocycles. The van der Waals surface area contributed by atoms with Crippen LogP contribution in [0.5, 0.6) is 0 Å². The lowest BCUT2D eigenvalue weighted by Crippen LogP contribution is -2.51. The summed E-state index contributed by atoms with van der Waals surface area (Å²) in [5, 5.41) is 15.8. The number of nitrogens with zero attached hydrogens (tertiary/aromatic N) is 1. The highest BCUT2D eigenvalue weighted by Gasteiger charge is 2.29. The molecule has 0 radical (unpaired) electrons. The van der Waals surface area contributed by atoms with Gasteiger partial charge in [0.25, 0.3) is 0 Å². The number of thiazole rings is 1. The first kappa shape index (κ1) is 12.4. The minimum Gasteiger partial charge on any atom is -0.480 e. The molecule has 0 aliphatic rings. The molecule has 0 atom stereocenters. The number of carbonyl (C=O) groups is 2. The van der Waals surface area contributed by atoms with Crippen molar-refractivity contribution in [3.63, 3.8) is 0 Å². The zero-order valence-corrected chi connectivity index (χ0v) is 10.0. The molecular weight excluding hydrogens is 230 g/mol. The Morgan fingerprint density at radius 2 is 2.12 bits per heavy atom. The molecule has 0 aromatic carbocycles. The Morgan fingerprint density at radius 3 is 2.56 bits per heavy atom. The molecule has 0 fully saturated rings. The number of anilines is 1. The Morgan fingerprint density at radius 1 is 1.50 bits per heavy atom. The fourth-order valence-electron chi connectivity index (χ4n) is 0.877. The van der Waals surface area contributed by atoms with E-state index in [1.165, 1.54) is 25.2 Å². The third kappa shape index (κ3) is 3.20. The van der Waals surface area contributed by atoms with Crippen LogP contribution in [0.2, 0.25) is 0 Å². The summed E-state index contributed by atoms with van der Waals surface area (Å²) in [6.07, 6.45) is 0. The summed E-state index contributed by atoms with van der Waals surface area (Å²) in [5.74, 6) is -1.10. The second-order valence-electron chi connectivity index (χ2n) is 3.80. The molecule has 1 aromatic heterocycles. The van der Waals surface area contributed by atoms with Gasteiger partial charge in [0.2, 0.25) is 0 Å². The van der Waals surface area contributed by atoms with E-state index < -0.39 is 17.5 Å². The monoisotopic (exact) mass is 243 g/mol. The van der Waals surface area contributed by atoms with Gasteiger partial charge < -0.3 is 10.4 Å². The Balaban J connectivity index is 2.58. The number of carboxylic acid groups (broad SMARTS) is 1. The van der Waals surface area contributed by atoms with Crippen LogP contribution in [0.4, 0.5) is 9.93 Å². The lowest BCUT2D eigenvalue weighted by molar-refractivity contribution is -0.142. The lowest BCUT2D eigenvalue weighted by atomic mass is 10.1. The fraction of sp³-hybridized carbons (Fsp3) is 0.444. The number of hydrogen-bond acceptors (Lipinski definition) is 4. The van der Waals surface area contributed by atoms with Crippen LogP contribution in [0.3, 0.4) is 0 Å². The zero-order valence-electron chi connectivity index (χ0n) is 9.20. The predicted molar refractivity (Wildman–Crippen MR) is 60.7 cm³/mol. The molecule has 0 aliphatic carbocycles. The first-order chi connectivity index (χ1) is 7.31. The van der Waals surface area contributed by atoms with E-state index >= 15 is 0 Å². The van der Waals surface area contributed by atoms with Crippen LogP contribution >= 0.6 is 11.3 Å². The molecule has 1 aromatic rings. The normalized spacial score (nSPS) is 10.9. The average Bonchev–Trinajstić information content (AvgIpc) is 2.49. The maximum atomic E-state index is 11.4. The van der Waals surface area contributed by atoms with Crippen LogP contribution in [0.1, 0.15) is 19.5 Å². The van der Waals surface area contributed by atoms with E-state index in [9.17, 15) is 9.59 Å². The number of hydrogen-bond donors (Lipinski definition) is 3. The molecule has 7 heteroatoms. The summed E-state index contributed by atoms with van der Waals surface area (Å²) in [7, 11) is 0. The molecule has 88 valence electrons. The molecule has 2 amide bonds. The van der Waals surface area contributed by atoms with Gasteiger partial charge in [-0.25, -0.2) is 14.6 Å². The smallest absolute Gasteiger partial charge is 0.328 e. The van der Waals surface area contributed by atoms with Gasteiger partial charge in [0.1, 0.15) is 5.54 Å².